The average Bonchev–Trinajstić information content (AvgIpc) is 2.82. The summed E-state index contributed by atoms with van der Waals surface area (Å²) in [5.41, 5.74) is 1.95. The molecule has 0 unspecified atom stereocenters. The number of esters is 1. The minimum atomic E-state index is -0.178. The second kappa shape index (κ2) is 6.41. The van der Waals surface area contributed by atoms with Crippen LogP contribution < -0.4 is 10.2 Å². The van der Waals surface area contributed by atoms with Crippen LogP contribution in [0.15, 0.2) is 24.3 Å². The van der Waals surface area contributed by atoms with Crippen molar-refractivity contribution in [2.24, 2.45) is 0 Å². The first kappa shape index (κ1) is 14.4. The number of ether oxygens (including phenoxy) is 1. The van der Waals surface area contributed by atoms with Gasteiger partial charge in [-0.05, 0) is 38.0 Å². The molecule has 2 rings (SSSR count). The van der Waals surface area contributed by atoms with Crippen molar-refractivity contribution in [2.75, 3.05) is 18.0 Å². The van der Waals surface area contributed by atoms with E-state index >= 15 is 0 Å². The lowest BCUT2D eigenvalue weighted by Gasteiger charge is -2.14. The first-order chi connectivity index (χ1) is 9.56. The topological polar surface area (TPSA) is 58.6 Å². The van der Waals surface area contributed by atoms with E-state index in [0.717, 1.165) is 11.3 Å². The van der Waals surface area contributed by atoms with Crippen LogP contribution in [0.2, 0.25) is 0 Å². The molecule has 1 aliphatic heterocycles. The molecular formula is C15H20N2O3. The monoisotopic (exact) mass is 276 g/mol. The molecule has 20 heavy (non-hydrogen) atoms. The van der Waals surface area contributed by atoms with E-state index in [1.54, 1.807) is 4.90 Å². The molecular weight excluding hydrogens is 256 g/mol. The van der Waals surface area contributed by atoms with E-state index in [1.165, 1.54) is 0 Å². The van der Waals surface area contributed by atoms with E-state index in [2.05, 4.69) is 5.32 Å². The molecule has 0 saturated carbocycles. The Bertz CT molecular complexity index is 482. The van der Waals surface area contributed by atoms with Gasteiger partial charge in [-0.1, -0.05) is 12.1 Å². The highest BCUT2D eigenvalue weighted by atomic mass is 16.5. The third-order valence-corrected chi connectivity index (χ3v) is 3.09. The van der Waals surface area contributed by atoms with Crippen molar-refractivity contribution in [2.45, 2.75) is 32.8 Å². The van der Waals surface area contributed by atoms with Crippen molar-refractivity contribution in [1.29, 1.82) is 0 Å². The van der Waals surface area contributed by atoms with Crippen LogP contribution in [0.3, 0.4) is 0 Å². The highest BCUT2D eigenvalue weighted by molar-refractivity contribution is 5.93. The summed E-state index contributed by atoms with van der Waals surface area (Å²) in [6, 6.07) is 7.66. The number of nitrogens with one attached hydrogen (secondary N) is 1. The molecule has 0 aliphatic carbocycles. The third kappa shape index (κ3) is 3.73. The zero-order chi connectivity index (χ0) is 14.5. The second-order valence-electron chi connectivity index (χ2n) is 5.09. The molecule has 1 heterocycles. The van der Waals surface area contributed by atoms with E-state index in [0.29, 0.717) is 25.9 Å². The van der Waals surface area contributed by atoms with Gasteiger partial charge in [0.15, 0.2) is 0 Å². The van der Waals surface area contributed by atoms with E-state index in [4.69, 9.17) is 4.74 Å². The van der Waals surface area contributed by atoms with Gasteiger partial charge in [-0.2, -0.15) is 0 Å². The summed E-state index contributed by atoms with van der Waals surface area (Å²) in [7, 11) is 0. The largest absolute Gasteiger partial charge is 0.463 e. The number of aryl methyl sites for hydroxylation is 1. The van der Waals surface area contributed by atoms with Crippen molar-refractivity contribution in [3.05, 3.63) is 29.8 Å². The Balaban J connectivity index is 1.88. The summed E-state index contributed by atoms with van der Waals surface area (Å²) in [6.45, 7) is 5.06. The molecule has 0 atom stereocenters. The summed E-state index contributed by atoms with van der Waals surface area (Å²) < 4.78 is 5.09. The highest BCUT2D eigenvalue weighted by Crippen LogP contribution is 2.18. The molecule has 1 saturated heterocycles. The van der Waals surface area contributed by atoms with Gasteiger partial charge < -0.3 is 10.1 Å². The summed E-state index contributed by atoms with van der Waals surface area (Å²) >= 11 is 0. The Labute approximate surface area is 118 Å². The van der Waals surface area contributed by atoms with Crippen molar-refractivity contribution in [3.63, 3.8) is 0 Å². The number of anilines is 1. The number of urea groups is 1. The maximum atomic E-state index is 11.5. The first-order valence-electron chi connectivity index (χ1n) is 6.90. The van der Waals surface area contributed by atoms with Crippen molar-refractivity contribution < 1.29 is 14.3 Å². The fourth-order valence-electron chi connectivity index (χ4n) is 2.13. The lowest BCUT2D eigenvalue weighted by Crippen LogP contribution is -2.27. The number of benzene rings is 1. The predicted octanol–water partition coefficient (Wildman–Crippen LogP) is 2.10. The summed E-state index contributed by atoms with van der Waals surface area (Å²) in [5, 5.41) is 2.77. The molecule has 1 aromatic carbocycles. The van der Waals surface area contributed by atoms with Gasteiger partial charge in [-0.15, -0.1) is 0 Å². The van der Waals surface area contributed by atoms with Gasteiger partial charge in [0, 0.05) is 25.2 Å². The number of nitrogens with zero attached hydrogens (tertiary/aromatic N) is 1. The molecule has 0 aromatic heterocycles. The SMILES string of the molecule is CC(C)OC(=O)CCc1ccc(N2CCNC2=O)cc1. The third-order valence-electron chi connectivity index (χ3n) is 3.09. The van der Waals surface area contributed by atoms with Gasteiger partial charge in [0.1, 0.15) is 0 Å². The normalized spacial score (nSPS) is 14.6. The smallest absolute Gasteiger partial charge is 0.321 e. The number of rotatable bonds is 5. The molecule has 1 fully saturated rings. The predicted molar refractivity (Wildman–Crippen MR) is 76.7 cm³/mol. The van der Waals surface area contributed by atoms with Crippen LogP contribution in [-0.2, 0) is 16.0 Å². The molecule has 108 valence electrons. The molecule has 2 amide bonds. The zero-order valence-corrected chi connectivity index (χ0v) is 11.9. The summed E-state index contributed by atoms with van der Waals surface area (Å²) in [6.07, 6.45) is 0.957. The minimum absolute atomic E-state index is 0.0572. The molecule has 1 aromatic rings. The quantitative estimate of drug-likeness (QED) is 0.838. The van der Waals surface area contributed by atoms with Crippen molar-refractivity contribution in [3.8, 4) is 0 Å². The van der Waals surface area contributed by atoms with Gasteiger partial charge >= 0.3 is 12.0 Å². The minimum Gasteiger partial charge on any atom is -0.463 e. The Morgan fingerprint density at radius 3 is 2.60 bits per heavy atom. The molecule has 1 aliphatic rings. The number of amides is 2. The number of carbonyl (C=O) groups excluding carboxylic acids is 2. The Morgan fingerprint density at radius 1 is 1.35 bits per heavy atom. The highest BCUT2D eigenvalue weighted by Gasteiger charge is 2.20. The van der Waals surface area contributed by atoms with Crippen LogP contribution in [0.1, 0.15) is 25.8 Å². The van der Waals surface area contributed by atoms with Crippen LogP contribution in [0.4, 0.5) is 10.5 Å². The molecule has 1 N–H and O–H groups in total. The average molecular weight is 276 g/mol. The van der Waals surface area contributed by atoms with Crippen LogP contribution >= 0.6 is 0 Å². The Morgan fingerprint density at radius 2 is 2.05 bits per heavy atom. The molecule has 0 spiro atoms. The second-order valence-corrected chi connectivity index (χ2v) is 5.09. The van der Waals surface area contributed by atoms with Gasteiger partial charge in [-0.25, -0.2) is 4.79 Å². The van der Waals surface area contributed by atoms with E-state index in [9.17, 15) is 9.59 Å². The van der Waals surface area contributed by atoms with Gasteiger partial charge in [0.2, 0.25) is 0 Å². The Hall–Kier alpha value is -2.04. The lowest BCUT2D eigenvalue weighted by atomic mass is 10.1. The zero-order valence-electron chi connectivity index (χ0n) is 11.9. The van der Waals surface area contributed by atoms with Crippen molar-refractivity contribution in [1.82, 2.24) is 5.32 Å². The first-order valence-corrected chi connectivity index (χ1v) is 6.90. The van der Waals surface area contributed by atoms with E-state index in [1.807, 2.05) is 38.1 Å². The Kier molecular flexibility index (Phi) is 4.61. The van der Waals surface area contributed by atoms with Crippen LogP contribution in [0.25, 0.3) is 0 Å². The van der Waals surface area contributed by atoms with Gasteiger partial charge in [0.05, 0.1) is 6.10 Å². The maximum Gasteiger partial charge on any atom is 0.321 e. The van der Waals surface area contributed by atoms with E-state index in [-0.39, 0.29) is 18.1 Å². The van der Waals surface area contributed by atoms with Gasteiger partial charge in [0.25, 0.3) is 0 Å². The number of carbonyl (C=O) groups is 2. The maximum absolute atomic E-state index is 11.5. The fraction of sp³-hybridized carbons (Fsp3) is 0.467. The lowest BCUT2D eigenvalue weighted by molar-refractivity contribution is -0.147. The molecule has 5 nitrogen and oxygen atoms in total. The molecule has 0 bridgehead atoms. The van der Waals surface area contributed by atoms with Crippen LogP contribution in [0.5, 0.6) is 0 Å². The summed E-state index contributed by atoms with van der Waals surface area (Å²) in [4.78, 5) is 24.7. The molecule has 5 heteroatoms. The van der Waals surface area contributed by atoms with Crippen molar-refractivity contribution >= 4 is 17.7 Å². The number of hydrogen-bond donors (Lipinski definition) is 1. The molecule has 0 radical (unpaired) electrons. The van der Waals surface area contributed by atoms with E-state index < -0.39 is 0 Å². The standard InChI is InChI=1S/C15H20N2O3/c1-11(2)20-14(18)8-5-12-3-6-13(7-4-12)17-10-9-16-15(17)19/h3-4,6-7,11H,5,8-10H2,1-2H3,(H,16,19). The van der Waals surface area contributed by atoms with Crippen LogP contribution in [-0.4, -0.2) is 31.2 Å². The number of hydrogen-bond acceptors (Lipinski definition) is 3. The fourth-order valence-corrected chi connectivity index (χ4v) is 2.13. The summed E-state index contributed by atoms with van der Waals surface area (Å²) in [5.74, 6) is -0.178. The van der Waals surface area contributed by atoms with Gasteiger partial charge in [-0.3, -0.25) is 9.69 Å². The van der Waals surface area contributed by atoms with Crippen LogP contribution in [0, 0.1) is 0 Å².